The Morgan fingerprint density at radius 1 is 1.18 bits per heavy atom. The third kappa shape index (κ3) is 5.53. The van der Waals surface area contributed by atoms with Crippen LogP contribution in [-0.2, 0) is 4.79 Å². The van der Waals surface area contributed by atoms with Gasteiger partial charge < -0.3 is 10.6 Å². The Kier molecular flexibility index (Phi) is 7.25. The quantitative estimate of drug-likeness (QED) is 0.639. The van der Waals surface area contributed by atoms with Crippen LogP contribution in [0.25, 0.3) is 0 Å². The lowest BCUT2D eigenvalue weighted by Crippen LogP contribution is -2.34. The van der Waals surface area contributed by atoms with E-state index in [4.69, 9.17) is 0 Å². The lowest BCUT2D eigenvalue weighted by Gasteiger charge is -2.13. The van der Waals surface area contributed by atoms with Crippen LogP contribution in [-0.4, -0.2) is 25.5 Å². The zero-order valence-electron chi connectivity index (χ0n) is 11.4. The monoisotopic (exact) mass is 240 g/mol. The van der Waals surface area contributed by atoms with Gasteiger partial charge in [0.2, 0.25) is 5.91 Å². The Balaban J connectivity index is 1.97. The Morgan fingerprint density at radius 3 is 2.53 bits per heavy atom. The van der Waals surface area contributed by atoms with Gasteiger partial charge in [-0.15, -0.1) is 0 Å². The summed E-state index contributed by atoms with van der Waals surface area (Å²) >= 11 is 0. The molecule has 1 heterocycles. The van der Waals surface area contributed by atoms with E-state index in [1.165, 1.54) is 32.1 Å². The van der Waals surface area contributed by atoms with Gasteiger partial charge in [0.1, 0.15) is 0 Å². The normalized spacial score (nSPS) is 23.9. The number of amides is 1. The van der Waals surface area contributed by atoms with Crippen LogP contribution in [0, 0.1) is 11.8 Å². The Hall–Kier alpha value is -0.570. The molecule has 0 saturated carbocycles. The summed E-state index contributed by atoms with van der Waals surface area (Å²) in [5, 5.41) is 6.33. The fourth-order valence-electron chi connectivity index (χ4n) is 2.41. The van der Waals surface area contributed by atoms with Gasteiger partial charge in [0.15, 0.2) is 0 Å². The van der Waals surface area contributed by atoms with Crippen LogP contribution < -0.4 is 10.6 Å². The summed E-state index contributed by atoms with van der Waals surface area (Å²) in [5.74, 6) is 0.922. The minimum absolute atomic E-state index is 0.190. The van der Waals surface area contributed by atoms with Crippen molar-refractivity contribution in [1.82, 2.24) is 10.6 Å². The molecule has 1 saturated heterocycles. The molecular weight excluding hydrogens is 212 g/mol. The van der Waals surface area contributed by atoms with Crippen LogP contribution in [0.4, 0.5) is 0 Å². The fraction of sp³-hybridized carbons (Fsp3) is 0.929. The molecule has 1 amide bonds. The first kappa shape index (κ1) is 14.5. The van der Waals surface area contributed by atoms with E-state index in [1.807, 2.05) is 0 Å². The lowest BCUT2D eigenvalue weighted by molar-refractivity contribution is -0.125. The molecule has 0 aromatic heterocycles. The van der Waals surface area contributed by atoms with E-state index in [0.717, 1.165) is 26.1 Å². The number of hydrogen-bond donors (Lipinski definition) is 2. The number of hydrogen-bond acceptors (Lipinski definition) is 2. The first-order valence-corrected chi connectivity index (χ1v) is 7.24. The second-order valence-corrected chi connectivity index (χ2v) is 5.30. The highest BCUT2D eigenvalue weighted by molar-refractivity contribution is 5.79. The number of rotatable bonds is 8. The van der Waals surface area contributed by atoms with Crippen molar-refractivity contribution in [2.75, 3.05) is 19.6 Å². The Bertz CT molecular complexity index is 218. The van der Waals surface area contributed by atoms with E-state index in [0.29, 0.717) is 5.92 Å². The number of carbonyl (C=O) groups excluding carboxylic acids is 1. The van der Waals surface area contributed by atoms with Crippen molar-refractivity contribution < 1.29 is 4.79 Å². The summed E-state index contributed by atoms with van der Waals surface area (Å²) in [4.78, 5) is 11.8. The molecule has 2 N–H and O–H groups in total. The zero-order chi connectivity index (χ0) is 12.5. The summed E-state index contributed by atoms with van der Waals surface area (Å²) in [6, 6.07) is 0. The molecule has 0 aromatic rings. The van der Waals surface area contributed by atoms with Crippen LogP contribution in [0.2, 0.25) is 0 Å². The maximum absolute atomic E-state index is 11.8. The Labute approximate surface area is 106 Å². The molecule has 0 aliphatic carbocycles. The van der Waals surface area contributed by atoms with Crippen molar-refractivity contribution in [1.29, 1.82) is 0 Å². The van der Waals surface area contributed by atoms with Crippen molar-refractivity contribution in [2.24, 2.45) is 11.8 Å². The van der Waals surface area contributed by atoms with E-state index in [-0.39, 0.29) is 11.8 Å². The highest BCUT2D eigenvalue weighted by Gasteiger charge is 2.28. The molecule has 0 bridgehead atoms. The molecule has 1 fully saturated rings. The van der Waals surface area contributed by atoms with E-state index in [2.05, 4.69) is 24.5 Å². The van der Waals surface area contributed by atoms with E-state index >= 15 is 0 Å². The van der Waals surface area contributed by atoms with Crippen molar-refractivity contribution in [3.05, 3.63) is 0 Å². The minimum Gasteiger partial charge on any atom is -0.356 e. The molecule has 0 aromatic carbocycles. The van der Waals surface area contributed by atoms with Crippen LogP contribution in [0.1, 0.15) is 52.4 Å². The van der Waals surface area contributed by atoms with Crippen LogP contribution in [0.15, 0.2) is 0 Å². The number of nitrogens with one attached hydrogen (secondary N) is 2. The molecular formula is C14H28N2O. The minimum atomic E-state index is 0.190. The summed E-state index contributed by atoms with van der Waals surface area (Å²) in [6.07, 6.45) is 7.67. The maximum Gasteiger partial charge on any atom is 0.224 e. The summed E-state index contributed by atoms with van der Waals surface area (Å²) in [7, 11) is 0. The predicted octanol–water partition coefficient (Wildman–Crippen LogP) is 2.32. The largest absolute Gasteiger partial charge is 0.356 e. The van der Waals surface area contributed by atoms with Gasteiger partial charge in [-0.25, -0.2) is 0 Å². The van der Waals surface area contributed by atoms with E-state index < -0.39 is 0 Å². The van der Waals surface area contributed by atoms with Gasteiger partial charge in [0.25, 0.3) is 0 Å². The highest BCUT2D eigenvalue weighted by atomic mass is 16.1. The molecule has 3 heteroatoms. The van der Waals surface area contributed by atoms with Crippen molar-refractivity contribution in [2.45, 2.75) is 52.4 Å². The van der Waals surface area contributed by atoms with Gasteiger partial charge in [0, 0.05) is 13.1 Å². The van der Waals surface area contributed by atoms with Gasteiger partial charge in [-0.1, -0.05) is 46.0 Å². The van der Waals surface area contributed by atoms with Crippen molar-refractivity contribution in [3.8, 4) is 0 Å². The average Bonchev–Trinajstić information content (AvgIpc) is 2.74. The van der Waals surface area contributed by atoms with Crippen molar-refractivity contribution >= 4 is 5.91 Å². The topological polar surface area (TPSA) is 41.1 Å². The molecule has 0 spiro atoms. The molecule has 100 valence electrons. The summed E-state index contributed by atoms with van der Waals surface area (Å²) < 4.78 is 0. The fourth-order valence-corrected chi connectivity index (χ4v) is 2.41. The van der Waals surface area contributed by atoms with Crippen LogP contribution in [0.5, 0.6) is 0 Å². The summed E-state index contributed by atoms with van der Waals surface area (Å²) in [5.41, 5.74) is 0. The molecule has 2 atom stereocenters. The molecule has 0 unspecified atom stereocenters. The smallest absolute Gasteiger partial charge is 0.224 e. The first-order chi connectivity index (χ1) is 8.25. The lowest BCUT2D eigenvalue weighted by atomic mass is 9.97. The zero-order valence-corrected chi connectivity index (χ0v) is 11.4. The molecule has 17 heavy (non-hydrogen) atoms. The average molecular weight is 240 g/mol. The molecule has 0 radical (unpaired) electrons. The van der Waals surface area contributed by atoms with Crippen LogP contribution >= 0.6 is 0 Å². The molecule has 1 aliphatic rings. The van der Waals surface area contributed by atoms with Gasteiger partial charge in [-0.3, -0.25) is 4.79 Å². The number of carbonyl (C=O) groups is 1. The second-order valence-electron chi connectivity index (χ2n) is 5.30. The second kappa shape index (κ2) is 8.51. The third-order valence-electron chi connectivity index (χ3n) is 3.68. The van der Waals surface area contributed by atoms with Crippen LogP contribution in [0.3, 0.4) is 0 Å². The predicted molar refractivity (Wildman–Crippen MR) is 71.9 cm³/mol. The van der Waals surface area contributed by atoms with Gasteiger partial charge in [-0.05, 0) is 18.9 Å². The van der Waals surface area contributed by atoms with Gasteiger partial charge in [-0.2, -0.15) is 0 Å². The first-order valence-electron chi connectivity index (χ1n) is 7.24. The Morgan fingerprint density at radius 2 is 1.88 bits per heavy atom. The third-order valence-corrected chi connectivity index (χ3v) is 3.68. The molecule has 1 rings (SSSR count). The maximum atomic E-state index is 11.8. The number of unbranched alkanes of at least 4 members (excludes halogenated alkanes) is 5. The SMILES string of the molecule is CCCCCCCCNC(=O)[C@@H]1CNC[C@H]1C. The highest BCUT2D eigenvalue weighted by Crippen LogP contribution is 2.15. The molecule has 3 nitrogen and oxygen atoms in total. The van der Waals surface area contributed by atoms with Gasteiger partial charge in [0.05, 0.1) is 5.92 Å². The standard InChI is InChI=1S/C14H28N2O/c1-3-4-5-6-7-8-9-16-14(17)13-11-15-10-12(13)2/h12-13,15H,3-11H2,1-2H3,(H,16,17)/t12-,13-/m1/s1. The van der Waals surface area contributed by atoms with E-state index in [1.54, 1.807) is 0 Å². The van der Waals surface area contributed by atoms with Crippen molar-refractivity contribution in [3.63, 3.8) is 0 Å². The molecule has 1 aliphatic heterocycles. The summed E-state index contributed by atoms with van der Waals surface area (Å²) in [6.45, 7) is 7.07. The van der Waals surface area contributed by atoms with Gasteiger partial charge >= 0.3 is 0 Å². The van der Waals surface area contributed by atoms with E-state index in [9.17, 15) is 4.79 Å².